The molecular formula is C20H14ClF3N2O3. The van der Waals surface area contributed by atoms with Crippen LogP contribution in [0.2, 0.25) is 5.02 Å². The summed E-state index contributed by atoms with van der Waals surface area (Å²) in [7, 11) is 0. The number of esters is 1. The van der Waals surface area contributed by atoms with Crippen molar-refractivity contribution in [2.45, 2.75) is 19.2 Å². The number of alkyl halides is 3. The number of rotatable bonds is 4. The van der Waals surface area contributed by atoms with Crippen LogP contribution in [0, 0.1) is 0 Å². The van der Waals surface area contributed by atoms with Crippen LogP contribution in [-0.2, 0) is 15.7 Å². The number of fused-ring (bicyclic) bond motifs is 1. The average Bonchev–Trinajstić information content (AvgIpc) is 2.68. The van der Waals surface area contributed by atoms with Crippen LogP contribution in [0.15, 0.2) is 54.6 Å². The van der Waals surface area contributed by atoms with Gasteiger partial charge in [-0.1, -0.05) is 35.9 Å². The lowest BCUT2D eigenvalue weighted by Crippen LogP contribution is -2.30. The van der Waals surface area contributed by atoms with Gasteiger partial charge in [-0.3, -0.25) is 4.79 Å². The number of ether oxygens (including phenoxy) is 1. The lowest BCUT2D eigenvalue weighted by molar-refractivity contribution is -0.137. The van der Waals surface area contributed by atoms with Crippen molar-refractivity contribution in [3.8, 4) is 0 Å². The zero-order valence-electron chi connectivity index (χ0n) is 15.0. The number of halogens is 4. The highest BCUT2D eigenvalue weighted by atomic mass is 35.5. The van der Waals surface area contributed by atoms with Gasteiger partial charge in [0, 0.05) is 11.1 Å². The fourth-order valence-electron chi connectivity index (χ4n) is 2.52. The molecule has 9 heteroatoms. The third-order valence-corrected chi connectivity index (χ3v) is 4.33. The molecule has 1 atom stereocenters. The van der Waals surface area contributed by atoms with Gasteiger partial charge in [-0.25, -0.2) is 9.78 Å². The summed E-state index contributed by atoms with van der Waals surface area (Å²) in [6.45, 7) is 1.30. The summed E-state index contributed by atoms with van der Waals surface area (Å²) in [4.78, 5) is 28.6. The molecule has 0 aliphatic carbocycles. The molecule has 3 rings (SSSR count). The van der Waals surface area contributed by atoms with Gasteiger partial charge in [-0.05, 0) is 37.3 Å². The molecular weight excluding hydrogens is 409 g/mol. The highest BCUT2D eigenvalue weighted by molar-refractivity contribution is 6.31. The van der Waals surface area contributed by atoms with Gasteiger partial charge in [0.25, 0.3) is 5.91 Å². The Labute approximate surface area is 168 Å². The number of amides is 1. The van der Waals surface area contributed by atoms with Crippen molar-refractivity contribution in [2.24, 2.45) is 0 Å². The van der Waals surface area contributed by atoms with Crippen molar-refractivity contribution in [3.63, 3.8) is 0 Å². The molecule has 29 heavy (non-hydrogen) atoms. The van der Waals surface area contributed by atoms with E-state index in [1.165, 1.54) is 19.1 Å². The maximum absolute atomic E-state index is 12.9. The van der Waals surface area contributed by atoms with E-state index in [2.05, 4.69) is 10.3 Å². The molecule has 0 saturated carbocycles. The molecule has 0 fully saturated rings. The second-order valence-corrected chi connectivity index (χ2v) is 6.53. The Morgan fingerprint density at radius 2 is 1.83 bits per heavy atom. The highest BCUT2D eigenvalue weighted by Crippen LogP contribution is 2.36. The van der Waals surface area contributed by atoms with Crippen LogP contribution in [0.4, 0.5) is 18.9 Å². The van der Waals surface area contributed by atoms with Crippen LogP contribution in [0.1, 0.15) is 23.0 Å². The third kappa shape index (κ3) is 4.83. The number of aromatic nitrogens is 1. The molecule has 0 spiro atoms. The van der Waals surface area contributed by atoms with Gasteiger partial charge in [0.15, 0.2) is 6.10 Å². The standard InChI is InChI=1S/C20H14ClF3N2O3/c1-11(18(27)25-13-7-8-15(21)14(10-13)20(22,23)24)29-19(28)17-9-6-12-4-2-3-5-16(12)26-17/h2-11H,1H3,(H,25,27). The molecule has 5 nitrogen and oxygen atoms in total. The van der Waals surface area contributed by atoms with Gasteiger partial charge in [-0.15, -0.1) is 0 Å². The van der Waals surface area contributed by atoms with E-state index in [1.54, 1.807) is 18.2 Å². The van der Waals surface area contributed by atoms with Gasteiger partial charge in [0.1, 0.15) is 5.69 Å². The van der Waals surface area contributed by atoms with Crippen molar-refractivity contribution in [3.05, 3.63) is 70.9 Å². The first-order valence-corrected chi connectivity index (χ1v) is 8.77. The Morgan fingerprint density at radius 1 is 1.10 bits per heavy atom. The zero-order valence-corrected chi connectivity index (χ0v) is 15.7. The monoisotopic (exact) mass is 422 g/mol. The number of carbonyl (C=O) groups excluding carboxylic acids is 2. The molecule has 1 aromatic heterocycles. The Kier molecular flexibility index (Phi) is 5.74. The van der Waals surface area contributed by atoms with E-state index in [1.807, 2.05) is 12.1 Å². The van der Waals surface area contributed by atoms with Crippen molar-refractivity contribution in [1.82, 2.24) is 4.98 Å². The van der Waals surface area contributed by atoms with E-state index < -0.39 is 34.7 Å². The van der Waals surface area contributed by atoms with Gasteiger partial charge in [-0.2, -0.15) is 13.2 Å². The van der Waals surface area contributed by atoms with E-state index in [4.69, 9.17) is 16.3 Å². The van der Waals surface area contributed by atoms with E-state index in [0.29, 0.717) is 11.6 Å². The summed E-state index contributed by atoms with van der Waals surface area (Å²) < 4.78 is 43.8. The number of hydrogen-bond acceptors (Lipinski definition) is 4. The number of para-hydroxylation sites is 1. The maximum Gasteiger partial charge on any atom is 0.417 e. The molecule has 1 unspecified atom stereocenters. The summed E-state index contributed by atoms with van der Waals surface area (Å²) in [5.74, 6) is -1.62. The first-order valence-electron chi connectivity index (χ1n) is 8.39. The fraction of sp³-hybridized carbons (Fsp3) is 0.150. The minimum atomic E-state index is -4.67. The summed E-state index contributed by atoms with van der Waals surface area (Å²) >= 11 is 5.55. The fourth-order valence-corrected chi connectivity index (χ4v) is 2.74. The number of hydrogen-bond donors (Lipinski definition) is 1. The number of anilines is 1. The van der Waals surface area contributed by atoms with E-state index >= 15 is 0 Å². The first kappa shape index (κ1) is 20.6. The van der Waals surface area contributed by atoms with Crippen molar-refractivity contribution < 1.29 is 27.5 Å². The minimum Gasteiger partial charge on any atom is -0.448 e. The largest absolute Gasteiger partial charge is 0.448 e. The van der Waals surface area contributed by atoms with E-state index in [9.17, 15) is 22.8 Å². The Hall–Kier alpha value is -3.13. The highest BCUT2D eigenvalue weighted by Gasteiger charge is 2.33. The van der Waals surface area contributed by atoms with Gasteiger partial charge < -0.3 is 10.1 Å². The molecule has 1 N–H and O–H groups in total. The van der Waals surface area contributed by atoms with E-state index in [0.717, 1.165) is 11.5 Å². The molecule has 150 valence electrons. The number of nitrogens with one attached hydrogen (secondary N) is 1. The van der Waals surface area contributed by atoms with Crippen LogP contribution in [0.25, 0.3) is 10.9 Å². The number of benzene rings is 2. The molecule has 0 bridgehead atoms. The quantitative estimate of drug-likeness (QED) is 0.594. The smallest absolute Gasteiger partial charge is 0.417 e. The molecule has 1 amide bonds. The van der Waals surface area contributed by atoms with Crippen LogP contribution >= 0.6 is 11.6 Å². The van der Waals surface area contributed by atoms with Crippen molar-refractivity contribution in [2.75, 3.05) is 5.32 Å². The molecule has 2 aromatic carbocycles. The first-order chi connectivity index (χ1) is 13.6. The molecule has 0 aliphatic heterocycles. The van der Waals surface area contributed by atoms with Gasteiger partial charge in [0.05, 0.1) is 16.1 Å². The SMILES string of the molecule is CC(OC(=O)c1ccc2ccccc2n1)C(=O)Nc1ccc(Cl)c(C(F)(F)F)c1. The summed E-state index contributed by atoms with van der Waals surface area (Å²) in [5.41, 5.74) is -0.616. The second-order valence-electron chi connectivity index (χ2n) is 6.12. The molecule has 0 radical (unpaired) electrons. The van der Waals surface area contributed by atoms with E-state index in [-0.39, 0.29) is 11.4 Å². The second kappa shape index (κ2) is 8.08. The zero-order chi connectivity index (χ0) is 21.2. The van der Waals surface area contributed by atoms with Crippen LogP contribution < -0.4 is 5.32 Å². The minimum absolute atomic E-state index is 0.00852. The average molecular weight is 423 g/mol. The number of carbonyl (C=O) groups is 2. The van der Waals surface area contributed by atoms with Crippen molar-refractivity contribution in [1.29, 1.82) is 0 Å². The summed E-state index contributed by atoms with van der Waals surface area (Å²) in [5, 5.41) is 2.62. The lowest BCUT2D eigenvalue weighted by atomic mass is 10.2. The molecule has 0 saturated heterocycles. The predicted molar refractivity (Wildman–Crippen MR) is 102 cm³/mol. The Bertz CT molecular complexity index is 1090. The van der Waals surface area contributed by atoms with Gasteiger partial charge in [0.2, 0.25) is 0 Å². The summed E-state index contributed by atoms with van der Waals surface area (Å²) in [6.07, 6.45) is -5.93. The molecule has 1 heterocycles. The molecule has 3 aromatic rings. The molecule has 0 aliphatic rings. The Morgan fingerprint density at radius 3 is 2.55 bits per heavy atom. The van der Waals surface area contributed by atoms with Crippen LogP contribution in [-0.4, -0.2) is 23.0 Å². The van der Waals surface area contributed by atoms with Gasteiger partial charge >= 0.3 is 12.1 Å². The van der Waals surface area contributed by atoms with Crippen LogP contribution in [0.3, 0.4) is 0 Å². The number of pyridine rings is 1. The third-order valence-electron chi connectivity index (χ3n) is 4.00. The maximum atomic E-state index is 12.9. The normalized spacial score (nSPS) is 12.4. The predicted octanol–water partition coefficient (Wildman–Crippen LogP) is 5.09. The summed E-state index contributed by atoms with van der Waals surface area (Å²) in [6, 6.07) is 13.2. The van der Waals surface area contributed by atoms with Crippen molar-refractivity contribution >= 4 is 40.1 Å². The topological polar surface area (TPSA) is 68.3 Å². The van der Waals surface area contributed by atoms with Crippen LogP contribution in [0.5, 0.6) is 0 Å². The lowest BCUT2D eigenvalue weighted by Gasteiger charge is -2.15. The Balaban J connectivity index is 1.69. The number of nitrogens with zero attached hydrogens (tertiary/aromatic N) is 1.